The summed E-state index contributed by atoms with van der Waals surface area (Å²) in [6.45, 7) is 5.66. The van der Waals surface area contributed by atoms with E-state index in [4.69, 9.17) is 16.2 Å². The Hall–Kier alpha value is -2.89. The first-order valence-corrected chi connectivity index (χ1v) is 10.1. The summed E-state index contributed by atoms with van der Waals surface area (Å²) in [5.74, 6) is -3.26. The van der Waals surface area contributed by atoms with Crippen LogP contribution in [0.2, 0.25) is 0 Å². The third kappa shape index (κ3) is 3.03. The van der Waals surface area contributed by atoms with E-state index in [0.29, 0.717) is 0 Å². The number of guanidine groups is 2. The number of carbonyl (C=O) groups excluding carboxylic acids is 1. The van der Waals surface area contributed by atoms with Gasteiger partial charge in [-0.15, -0.1) is 0 Å². The number of rotatable bonds is 3. The van der Waals surface area contributed by atoms with Crippen LogP contribution in [0, 0.1) is 0 Å². The Bertz CT molecular complexity index is 954. The van der Waals surface area contributed by atoms with Gasteiger partial charge in [0.25, 0.3) is 11.4 Å². The van der Waals surface area contributed by atoms with E-state index < -0.39 is 42.2 Å². The van der Waals surface area contributed by atoms with Gasteiger partial charge in [-0.1, -0.05) is 32.9 Å². The van der Waals surface area contributed by atoms with Gasteiger partial charge in [-0.05, 0) is 23.1 Å². The molecule has 0 radical (unpaired) electrons. The maximum Gasteiger partial charge on any atom is 0.343 e. The highest BCUT2D eigenvalue weighted by atomic mass is 16.6. The van der Waals surface area contributed by atoms with Gasteiger partial charge in [0.15, 0.2) is 18.1 Å². The van der Waals surface area contributed by atoms with Crippen molar-refractivity contribution in [3.63, 3.8) is 0 Å². The molecular formula is C20H29N6O5+. The lowest BCUT2D eigenvalue weighted by Crippen LogP contribution is -2.90. The molecule has 1 aromatic rings. The lowest BCUT2D eigenvalue weighted by molar-refractivity contribution is -0.523. The highest BCUT2D eigenvalue weighted by molar-refractivity contribution is 5.90. The van der Waals surface area contributed by atoms with E-state index in [1.165, 1.54) is 4.90 Å². The Kier molecular flexibility index (Phi) is 4.69. The number of nitrogens with one attached hydrogen (secondary N) is 2. The van der Waals surface area contributed by atoms with Crippen LogP contribution < -0.4 is 21.8 Å². The van der Waals surface area contributed by atoms with E-state index in [9.17, 15) is 20.1 Å². The number of nitrogens with two attached hydrogens (primary N) is 2. The van der Waals surface area contributed by atoms with Gasteiger partial charge in [0, 0.05) is 0 Å². The molecule has 0 amide bonds. The summed E-state index contributed by atoms with van der Waals surface area (Å²) >= 11 is 0. The van der Waals surface area contributed by atoms with Gasteiger partial charge in [0.1, 0.15) is 6.04 Å². The molecule has 11 nitrogen and oxygen atoms in total. The molecule has 31 heavy (non-hydrogen) atoms. The second-order valence-corrected chi connectivity index (χ2v) is 9.22. The Morgan fingerprint density at radius 2 is 1.97 bits per heavy atom. The molecule has 0 aliphatic carbocycles. The molecule has 1 saturated heterocycles. The molecule has 1 fully saturated rings. The van der Waals surface area contributed by atoms with Gasteiger partial charge < -0.3 is 25.8 Å². The van der Waals surface area contributed by atoms with Crippen LogP contribution in [0.1, 0.15) is 36.7 Å². The van der Waals surface area contributed by atoms with Crippen LogP contribution in [0.25, 0.3) is 0 Å². The van der Waals surface area contributed by atoms with E-state index in [-0.39, 0.29) is 29.4 Å². The van der Waals surface area contributed by atoms with Gasteiger partial charge in [0.2, 0.25) is 0 Å². The minimum absolute atomic E-state index is 0.0279. The summed E-state index contributed by atoms with van der Waals surface area (Å²) in [6.07, 6.45) is -1.36. The summed E-state index contributed by atoms with van der Waals surface area (Å²) < 4.78 is 5.51. The third-order valence-corrected chi connectivity index (χ3v) is 6.25. The van der Waals surface area contributed by atoms with Crippen molar-refractivity contribution in [1.82, 2.24) is 10.2 Å². The van der Waals surface area contributed by atoms with E-state index in [0.717, 1.165) is 5.56 Å². The fourth-order valence-corrected chi connectivity index (χ4v) is 4.56. The average molecular weight is 433 g/mol. The standard InChI is InChI=1S/C20H28N6O5/c1-18(2,3)11-6-4-10(5-7-11)15(28)31-13-8-26-17(22)23-12(9-27)14-19(26,20(13,29)30)25-16(21)24-14/h4-7,12-14,27,29-30H,8-9H2,1-3H3,(H2,22,23)(H3,21,24,25)/p+1/t12-,13-,14-,19-/m0/s1. The van der Waals surface area contributed by atoms with Crippen LogP contribution in [-0.2, 0) is 10.2 Å². The predicted molar refractivity (Wildman–Crippen MR) is 111 cm³/mol. The molecule has 168 valence electrons. The van der Waals surface area contributed by atoms with Gasteiger partial charge in [-0.2, -0.15) is 0 Å². The molecule has 0 unspecified atom stereocenters. The van der Waals surface area contributed by atoms with Gasteiger partial charge in [-0.3, -0.25) is 15.6 Å². The monoisotopic (exact) mass is 433 g/mol. The van der Waals surface area contributed by atoms with Crippen LogP contribution in [0.15, 0.2) is 29.3 Å². The second kappa shape index (κ2) is 6.81. The Labute approximate surface area is 179 Å². The molecule has 0 aromatic heterocycles. The van der Waals surface area contributed by atoms with Crippen molar-refractivity contribution in [3.8, 4) is 0 Å². The summed E-state index contributed by atoms with van der Waals surface area (Å²) in [7, 11) is 0. The molecule has 4 atom stereocenters. The number of aliphatic imine (C=N–C) groups is 1. The Morgan fingerprint density at radius 1 is 1.32 bits per heavy atom. The number of esters is 1. The SMILES string of the molecule is CC(C)(C)c1ccc(C(=O)O[C@H]2CN3C(N)=N[C@@H](CO)[C@@H]4[NH+]=C(N)N[C@@]43C2(O)O)cc1. The molecule has 1 aromatic carbocycles. The molecule has 11 heteroatoms. The van der Waals surface area contributed by atoms with Crippen molar-refractivity contribution in [1.29, 1.82) is 0 Å². The van der Waals surface area contributed by atoms with Crippen molar-refractivity contribution in [2.75, 3.05) is 13.2 Å². The summed E-state index contributed by atoms with van der Waals surface area (Å²) in [5, 5.41) is 34.9. The number of aliphatic hydroxyl groups is 3. The number of carbonyl (C=O) groups is 1. The minimum Gasteiger partial charge on any atom is -0.451 e. The molecule has 3 heterocycles. The number of hydrogen-bond donors (Lipinski definition) is 7. The average Bonchev–Trinajstić information content (AvgIpc) is 3.16. The number of aliphatic hydroxyl groups excluding tert-OH is 1. The molecule has 3 aliphatic heterocycles. The third-order valence-electron chi connectivity index (χ3n) is 6.25. The highest BCUT2D eigenvalue weighted by Gasteiger charge is 2.77. The first-order chi connectivity index (χ1) is 14.4. The number of ether oxygens (including phenoxy) is 1. The summed E-state index contributed by atoms with van der Waals surface area (Å²) in [6, 6.07) is 5.34. The second-order valence-electron chi connectivity index (χ2n) is 9.22. The quantitative estimate of drug-likeness (QED) is 0.186. The Morgan fingerprint density at radius 3 is 2.55 bits per heavy atom. The maximum absolute atomic E-state index is 12.8. The normalized spacial score (nSPS) is 31.3. The number of benzene rings is 1. The summed E-state index contributed by atoms with van der Waals surface area (Å²) in [5.41, 5.74) is 11.5. The smallest absolute Gasteiger partial charge is 0.343 e. The number of nitrogens with zero attached hydrogens (tertiary/aromatic N) is 2. The van der Waals surface area contributed by atoms with Crippen molar-refractivity contribution >= 4 is 17.9 Å². The maximum atomic E-state index is 12.8. The zero-order valence-electron chi connectivity index (χ0n) is 17.7. The topological polar surface area (TPSA) is 181 Å². The fraction of sp³-hybridized carbons (Fsp3) is 0.550. The molecule has 4 rings (SSSR count). The molecule has 3 aliphatic rings. The van der Waals surface area contributed by atoms with Gasteiger partial charge >= 0.3 is 11.9 Å². The first-order valence-electron chi connectivity index (χ1n) is 10.1. The molecule has 9 N–H and O–H groups in total. The lowest BCUT2D eigenvalue weighted by atomic mass is 9.86. The van der Waals surface area contributed by atoms with E-state index in [2.05, 4.69) is 36.1 Å². The molecule has 1 spiro atoms. The Balaban J connectivity index is 1.62. The minimum atomic E-state index is -2.60. The first kappa shape index (κ1) is 21.3. The molecule has 0 saturated carbocycles. The van der Waals surface area contributed by atoms with Crippen molar-refractivity contribution in [2.45, 2.75) is 55.8 Å². The zero-order chi connectivity index (χ0) is 22.8. The van der Waals surface area contributed by atoms with E-state index >= 15 is 0 Å². The fourth-order valence-electron chi connectivity index (χ4n) is 4.56. The van der Waals surface area contributed by atoms with Crippen LogP contribution >= 0.6 is 0 Å². The highest BCUT2D eigenvalue weighted by Crippen LogP contribution is 2.42. The van der Waals surface area contributed by atoms with Crippen LogP contribution in [0.4, 0.5) is 0 Å². The van der Waals surface area contributed by atoms with Crippen LogP contribution in [0.3, 0.4) is 0 Å². The largest absolute Gasteiger partial charge is 0.451 e. The summed E-state index contributed by atoms with van der Waals surface area (Å²) in [4.78, 5) is 21.3. The van der Waals surface area contributed by atoms with Gasteiger partial charge in [0.05, 0.1) is 18.7 Å². The van der Waals surface area contributed by atoms with E-state index in [1.807, 2.05) is 12.1 Å². The molecule has 0 bridgehead atoms. The predicted octanol–water partition coefficient (Wildman–Crippen LogP) is -3.74. The lowest BCUT2D eigenvalue weighted by Gasteiger charge is -2.45. The zero-order valence-corrected chi connectivity index (χ0v) is 17.7. The number of hydrogen-bond acceptors (Lipinski definition) is 10. The van der Waals surface area contributed by atoms with Crippen molar-refractivity contribution in [2.24, 2.45) is 16.5 Å². The van der Waals surface area contributed by atoms with Crippen molar-refractivity contribution in [3.05, 3.63) is 35.4 Å². The van der Waals surface area contributed by atoms with Crippen LogP contribution in [0.5, 0.6) is 0 Å². The van der Waals surface area contributed by atoms with Gasteiger partial charge in [-0.25, -0.2) is 15.1 Å². The molecular weight excluding hydrogens is 404 g/mol. The van der Waals surface area contributed by atoms with E-state index in [1.54, 1.807) is 12.1 Å². The van der Waals surface area contributed by atoms with Crippen molar-refractivity contribution < 1.29 is 29.8 Å². The van der Waals surface area contributed by atoms with Crippen LogP contribution in [-0.4, -0.2) is 80.9 Å².